The molecule has 5 nitrogen and oxygen atoms in total. The number of rotatable bonds is 4. The van der Waals surface area contributed by atoms with E-state index in [1.54, 1.807) is 30.3 Å². The highest BCUT2D eigenvalue weighted by Gasteiger charge is 2.40. The molecule has 0 spiro atoms. The van der Waals surface area contributed by atoms with Gasteiger partial charge >= 0.3 is 11.9 Å². The Labute approximate surface area is 99.0 Å². The van der Waals surface area contributed by atoms with Gasteiger partial charge in [-0.15, -0.1) is 0 Å². The summed E-state index contributed by atoms with van der Waals surface area (Å²) < 4.78 is 9.22. The van der Waals surface area contributed by atoms with Crippen molar-refractivity contribution < 1.29 is 24.2 Å². The van der Waals surface area contributed by atoms with E-state index in [4.69, 9.17) is 4.74 Å². The first-order valence-corrected chi connectivity index (χ1v) is 5.00. The average molecular weight is 238 g/mol. The summed E-state index contributed by atoms with van der Waals surface area (Å²) in [4.78, 5) is 22.3. The molecule has 0 aliphatic carbocycles. The summed E-state index contributed by atoms with van der Waals surface area (Å²) in [6.45, 7) is 0.724. The van der Waals surface area contributed by atoms with E-state index >= 15 is 0 Å². The fraction of sp³-hybridized carbons (Fsp3) is 0.333. The molecule has 0 fully saturated rings. The van der Waals surface area contributed by atoms with Gasteiger partial charge in [-0.1, -0.05) is 30.3 Å². The third kappa shape index (κ3) is 3.04. The molecular weight excluding hydrogens is 224 g/mol. The van der Waals surface area contributed by atoms with E-state index in [1.807, 2.05) is 0 Å². The van der Waals surface area contributed by atoms with Crippen molar-refractivity contribution in [3.05, 3.63) is 35.9 Å². The average Bonchev–Trinajstić information content (AvgIpc) is 2.36. The van der Waals surface area contributed by atoms with Crippen LogP contribution >= 0.6 is 0 Å². The molecule has 1 N–H and O–H groups in total. The van der Waals surface area contributed by atoms with E-state index < -0.39 is 24.1 Å². The first-order valence-electron chi connectivity index (χ1n) is 5.00. The Morgan fingerprint density at radius 3 is 2.35 bits per heavy atom. The summed E-state index contributed by atoms with van der Waals surface area (Å²) in [6, 6.07) is 8.18. The number of hydrogen-bond donors (Lipinski definition) is 1. The lowest BCUT2D eigenvalue weighted by molar-refractivity contribution is -0.174. The highest BCUT2D eigenvalue weighted by molar-refractivity contribution is 5.81. The van der Waals surface area contributed by atoms with Crippen molar-refractivity contribution in [1.29, 1.82) is 0 Å². The maximum atomic E-state index is 11.6. The van der Waals surface area contributed by atoms with Gasteiger partial charge in [0.25, 0.3) is 0 Å². The number of aliphatic hydroxyl groups is 1. The third-order valence-corrected chi connectivity index (χ3v) is 2.26. The molecular formula is C12H14O5. The summed E-state index contributed by atoms with van der Waals surface area (Å²) in [6.07, 6.45) is 0. The molecule has 1 aromatic rings. The molecule has 1 rings (SSSR count). The number of esters is 2. The van der Waals surface area contributed by atoms with E-state index in [9.17, 15) is 14.7 Å². The number of benzene rings is 1. The van der Waals surface area contributed by atoms with Crippen LogP contribution in [-0.2, 0) is 24.7 Å². The first kappa shape index (κ1) is 13.2. The molecule has 1 unspecified atom stereocenters. The third-order valence-electron chi connectivity index (χ3n) is 2.26. The Balaban J connectivity index is 3.02. The largest absolute Gasteiger partial charge is 0.467 e. The molecule has 0 aromatic heterocycles. The van der Waals surface area contributed by atoms with Crippen LogP contribution in [0.15, 0.2) is 30.3 Å². The molecule has 1 atom stereocenters. The first-order chi connectivity index (χ1) is 8.00. The van der Waals surface area contributed by atoms with Crippen molar-refractivity contribution in [1.82, 2.24) is 0 Å². The summed E-state index contributed by atoms with van der Waals surface area (Å²) in [7, 11) is 1.16. The number of carbonyl (C=O) groups is 2. The lowest BCUT2D eigenvalue weighted by Gasteiger charge is -2.24. The Kier molecular flexibility index (Phi) is 4.23. The molecule has 0 bridgehead atoms. The van der Waals surface area contributed by atoms with Gasteiger partial charge in [0.2, 0.25) is 5.60 Å². The molecule has 92 valence electrons. The van der Waals surface area contributed by atoms with Crippen molar-refractivity contribution in [2.45, 2.75) is 12.5 Å². The highest BCUT2D eigenvalue weighted by atomic mass is 16.6. The van der Waals surface area contributed by atoms with E-state index in [-0.39, 0.29) is 0 Å². The van der Waals surface area contributed by atoms with Crippen LogP contribution in [0.1, 0.15) is 12.5 Å². The van der Waals surface area contributed by atoms with Crippen molar-refractivity contribution >= 4 is 11.9 Å². The van der Waals surface area contributed by atoms with Gasteiger partial charge < -0.3 is 14.6 Å². The van der Waals surface area contributed by atoms with E-state index in [0.29, 0.717) is 5.56 Å². The second-order valence-electron chi connectivity index (χ2n) is 3.50. The van der Waals surface area contributed by atoms with E-state index in [1.165, 1.54) is 6.92 Å². The van der Waals surface area contributed by atoms with Gasteiger partial charge in [0.05, 0.1) is 7.11 Å². The zero-order valence-electron chi connectivity index (χ0n) is 9.67. The Hall–Kier alpha value is -1.88. The lowest BCUT2D eigenvalue weighted by atomic mass is 9.95. The lowest BCUT2D eigenvalue weighted by Crippen LogP contribution is -2.41. The number of ether oxygens (including phenoxy) is 2. The summed E-state index contributed by atoms with van der Waals surface area (Å²) in [5, 5.41) is 10.2. The topological polar surface area (TPSA) is 72.8 Å². The second kappa shape index (κ2) is 5.45. The molecule has 0 saturated heterocycles. The van der Waals surface area contributed by atoms with Gasteiger partial charge in [-0.2, -0.15) is 0 Å². The van der Waals surface area contributed by atoms with Crippen LogP contribution in [0.4, 0.5) is 0 Å². The minimum absolute atomic E-state index is 0.313. The van der Waals surface area contributed by atoms with Crippen LogP contribution in [0.25, 0.3) is 0 Å². The Bertz CT molecular complexity index is 401. The van der Waals surface area contributed by atoms with Gasteiger partial charge in [-0.25, -0.2) is 4.79 Å². The fourth-order valence-electron chi connectivity index (χ4n) is 1.35. The van der Waals surface area contributed by atoms with E-state index in [0.717, 1.165) is 7.11 Å². The summed E-state index contributed by atoms with van der Waals surface area (Å²) in [5.41, 5.74) is -1.66. The Morgan fingerprint density at radius 2 is 1.88 bits per heavy atom. The SMILES string of the molecule is COC(=O)C(O)(COC(C)=O)c1ccccc1. The molecule has 1 aromatic carbocycles. The van der Waals surface area contributed by atoms with Crippen molar-refractivity contribution in [2.75, 3.05) is 13.7 Å². The van der Waals surface area contributed by atoms with Crippen molar-refractivity contribution in [3.8, 4) is 0 Å². The minimum Gasteiger partial charge on any atom is -0.467 e. The van der Waals surface area contributed by atoms with Crippen molar-refractivity contribution in [2.24, 2.45) is 0 Å². The van der Waals surface area contributed by atoms with E-state index in [2.05, 4.69) is 4.74 Å². The maximum absolute atomic E-state index is 11.6. The van der Waals surface area contributed by atoms with Crippen LogP contribution < -0.4 is 0 Å². The zero-order chi connectivity index (χ0) is 12.9. The summed E-state index contributed by atoms with van der Waals surface area (Å²) >= 11 is 0. The molecule has 0 saturated carbocycles. The number of carbonyl (C=O) groups excluding carboxylic acids is 2. The van der Waals surface area contributed by atoms with Crippen LogP contribution in [0.5, 0.6) is 0 Å². The molecule has 0 aliphatic rings. The number of hydrogen-bond acceptors (Lipinski definition) is 5. The van der Waals surface area contributed by atoms with Crippen LogP contribution in [0.3, 0.4) is 0 Å². The maximum Gasteiger partial charge on any atom is 0.346 e. The molecule has 5 heteroatoms. The standard InChI is InChI=1S/C12H14O5/c1-9(13)17-8-12(15,11(14)16-2)10-6-4-3-5-7-10/h3-7,15H,8H2,1-2H3. The van der Waals surface area contributed by atoms with Gasteiger partial charge in [-0.05, 0) is 5.56 Å². The minimum atomic E-state index is -1.97. The van der Waals surface area contributed by atoms with Gasteiger partial charge in [0.15, 0.2) is 0 Å². The quantitative estimate of drug-likeness (QED) is 0.778. The highest BCUT2D eigenvalue weighted by Crippen LogP contribution is 2.23. The van der Waals surface area contributed by atoms with Crippen LogP contribution in [-0.4, -0.2) is 30.8 Å². The Morgan fingerprint density at radius 1 is 1.29 bits per heavy atom. The summed E-state index contributed by atoms with van der Waals surface area (Å²) in [5.74, 6) is -1.45. The second-order valence-corrected chi connectivity index (χ2v) is 3.50. The van der Waals surface area contributed by atoms with Gasteiger partial charge in [0.1, 0.15) is 6.61 Å². The monoisotopic (exact) mass is 238 g/mol. The zero-order valence-corrected chi connectivity index (χ0v) is 9.67. The number of methoxy groups -OCH3 is 1. The normalized spacial score (nSPS) is 13.6. The van der Waals surface area contributed by atoms with Crippen LogP contribution in [0.2, 0.25) is 0 Å². The smallest absolute Gasteiger partial charge is 0.346 e. The molecule has 0 radical (unpaired) electrons. The molecule has 0 aliphatic heterocycles. The van der Waals surface area contributed by atoms with Crippen LogP contribution in [0, 0.1) is 0 Å². The van der Waals surface area contributed by atoms with Gasteiger partial charge in [-0.3, -0.25) is 4.79 Å². The molecule has 0 heterocycles. The predicted molar refractivity (Wildman–Crippen MR) is 59.0 cm³/mol. The molecule has 0 amide bonds. The molecule has 17 heavy (non-hydrogen) atoms. The predicted octanol–water partition coefficient (Wildman–Crippen LogP) is 0.610. The fourth-order valence-corrected chi connectivity index (χ4v) is 1.35. The van der Waals surface area contributed by atoms with Crippen molar-refractivity contribution in [3.63, 3.8) is 0 Å². The van der Waals surface area contributed by atoms with Gasteiger partial charge in [0, 0.05) is 6.92 Å².